The maximum Gasteiger partial charge on any atom is 0.279 e. The van der Waals surface area contributed by atoms with Crippen molar-refractivity contribution < 1.29 is 27.3 Å². The van der Waals surface area contributed by atoms with Gasteiger partial charge in [0, 0.05) is 17.3 Å². The Hall–Kier alpha value is -2.36. The summed E-state index contributed by atoms with van der Waals surface area (Å²) in [4.78, 5) is 12.2. The number of anilines is 1. The van der Waals surface area contributed by atoms with Gasteiger partial charge in [0.15, 0.2) is 6.54 Å². The molecule has 0 aromatic heterocycles. The highest BCUT2D eigenvalue weighted by atomic mass is 32.2. The first kappa shape index (κ1) is 20.9. The van der Waals surface area contributed by atoms with Crippen LogP contribution in [0.2, 0.25) is 0 Å². The van der Waals surface area contributed by atoms with E-state index in [9.17, 15) is 22.0 Å². The average molecular weight is 398 g/mol. The Labute approximate surface area is 157 Å². The number of hydrogen-bond donors (Lipinski definition) is 3. The summed E-state index contributed by atoms with van der Waals surface area (Å²) in [5.41, 5.74) is 1.18. The molecule has 1 atom stereocenters. The van der Waals surface area contributed by atoms with Gasteiger partial charge in [-0.2, -0.15) is 0 Å². The van der Waals surface area contributed by atoms with E-state index in [0.29, 0.717) is 16.8 Å². The molecule has 0 aliphatic carbocycles. The van der Waals surface area contributed by atoms with Gasteiger partial charge < -0.3 is 10.6 Å². The standard InChI is InChI=1S/C18H21F2N3O3S/c1-11-4-6-14(9-17(11)27(25,26)21-3)23-18(24)10-22-12(2)15-7-5-13(19)8-16(15)20/h4-9,12,21-22H,10H2,1-3H3,(H,23,24)/p+1/t12-/m1/s1. The van der Waals surface area contributed by atoms with Crippen LogP contribution in [0.4, 0.5) is 14.5 Å². The van der Waals surface area contributed by atoms with Crippen LogP contribution in [0.3, 0.4) is 0 Å². The molecule has 27 heavy (non-hydrogen) atoms. The van der Waals surface area contributed by atoms with Gasteiger partial charge in [0.05, 0.1) is 4.90 Å². The van der Waals surface area contributed by atoms with Crippen molar-refractivity contribution in [1.29, 1.82) is 0 Å². The molecule has 6 nitrogen and oxygen atoms in total. The summed E-state index contributed by atoms with van der Waals surface area (Å²) in [6.45, 7) is 3.34. The van der Waals surface area contributed by atoms with Crippen molar-refractivity contribution in [1.82, 2.24) is 4.72 Å². The number of nitrogens with one attached hydrogen (secondary N) is 2. The number of carbonyl (C=O) groups excluding carboxylic acids is 1. The zero-order valence-electron chi connectivity index (χ0n) is 15.2. The lowest BCUT2D eigenvalue weighted by molar-refractivity contribution is -0.682. The number of nitrogens with two attached hydrogens (primary N) is 1. The van der Waals surface area contributed by atoms with Crippen molar-refractivity contribution in [3.63, 3.8) is 0 Å². The molecule has 1 amide bonds. The lowest BCUT2D eigenvalue weighted by atomic mass is 10.1. The first-order valence-corrected chi connectivity index (χ1v) is 9.74. The van der Waals surface area contributed by atoms with Gasteiger partial charge in [-0.1, -0.05) is 6.07 Å². The molecule has 2 rings (SSSR count). The van der Waals surface area contributed by atoms with Crippen LogP contribution >= 0.6 is 0 Å². The third-order valence-electron chi connectivity index (χ3n) is 4.14. The molecular weight excluding hydrogens is 376 g/mol. The van der Waals surface area contributed by atoms with Crippen molar-refractivity contribution >= 4 is 21.6 Å². The van der Waals surface area contributed by atoms with E-state index in [1.807, 2.05) is 0 Å². The van der Waals surface area contributed by atoms with Gasteiger partial charge in [0.1, 0.15) is 17.7 Å². The first-order valence-electron chi connectivity index (χ1n) is 8.26. The molecule has 0 spiro atoms. The lowest BCUT2D eigenvalue weighted by Gasteiger charge is -2.13. The summed E-state index contributed by atoms with van der Waals surface area (Å²) in [6, 6.07) is 7.50. The number of halogens is 2. The second-order valence-electron chi connectivity index (χ2n) is 6.13. The van der Waals surface area contributed by atoms with Crippen molar-refractivity contribution in [3.8, 4) is 0 Å². The molecule has 0 aliphatic rings. The summed E-state index contributed by atoms with van der Waals surface area (Å²) in [6.07, 6.45) is 0. The smallest absolute Gasteiger partial charge is 0.279 e. The normalized spacial score (nSPS) is 12.6. The highest BCUT2D eigenvalue weighted by Gasteiger charge is 2.18. The lowest BCUT2D eigenvalue weighted by Crippen LogP contribution is -2.86. The Morgan fingerprint density at radius 1 is 1.19 bits per heavy atom. The Bertz CT molecular complexity index is 949. The molecule has 0 saturated carbocycles. The quantitative estimate of drug-likeness (QED) is 0.659. The fraction of sp³-hybridized carbons (Fsp3) is 0.278. The fourth-order valence-corrected chi connectivity index (χ4v) is 3.56. The van der Waals surface area contributed by atoms with Gasteiger partial charge in [0.25, 0.3) is 5.91 Å². The minimum absolute atomic E-state index is 0.0139. The number of quaternary nitrogens is 1. The van der Waals surface area contributed by atoms with Crippen LogP contribution in [0.1, 0.15) is 24.1 Å². The molecule has 2 aromatic rings. The van der Waals surface area contributed by atoms with E-state index >= 15 is 0 Å². The number of aryl methyl sites for hydroxylation is 1. The Kier molecular flexibility index (Phi) is 6.63. The summed E-state index contributed by atoms with van der Waals surface area (Å²) in [5.74, 6) is -1.70. The highest BCUT2D eigenvalue weighted by molar-refractivity contribution is 7.89. The largest absolute Gasteiger partial charge is 0.332 e. The minimum atomic E-state index is -3.64. The molecule has 0 bridgehead atoms. The minimum Gasteiger partial charge on any atom is -0.332 e. The van der Waals surface area contributed by atoms with Crippen molar-refractivity contribution in [2.45, 2.75) is 24.8 Å². The molecule has 0 aliphatic heterocycles. The fourth-order valence-electron chi connectivity index (χ4n) is 2.57. The van der Waals surface area contributed by atoms with Crippen molar-refractivity contribution in [2.75, 3.05) is 18.9 Å². The number of rotatable bonds is 7. The Morgan fingerprint density at radius 2 is 1.89 bits per heavy atom. The van der Waals surface area contributed by atoms with Crippen LogP contribution in [0.25, 0.3) is 0 Å². The predicted molar refractivity (Wildman–Crippen MR) is 97.6 cm³/mol. The zero-order chi connectivity index (χ0) is 20.2. The van der Waals surface area contributed by atoms with Crippen LogP contribution in [-0.4, -0.2) is 27.9 Å². The van der Waals surface area contributed by atoms with E-state index in [0.717, 1.165) is 6.07 Å². The maximum absolute atomic E-state index is 13.8. The molecule has 0 saturated heterocycles. The van der Waals surface area contributed by atoms with Gasteiger partial charge in [-0.25, -0.2) is 21.9 Å². The molecule has 0 heterocycles. The monoisotopic (exact) mass is 398 g/mol. The zero-order valence-corrected chi connectivity index (χ0v) is 16.0. The SMILES string of the molecule is CNS(=O)(=O)c1cc(NC(=O)C[NH2+][C@H](C)c2ccc(F)cc2F)ccc1C. The van der Waals surface area contributed by atoms with E-state index < -0.39 is 27.7 Å². The third-order valence-corrected chi connectivity index (χ3v) is 5.70. The van der Waals surface area contributed by atoms with Crippen LogP contribution in [0, 0.1) is 18.6 Å². The molecule has 4 N–H and O–H groups in total. The number of benzene rings is 2. The van der Waals surface area contributed by atoms with Crippen molar-refractivity contribution in [3.05, 3.63) is 59.2 Å². The van der Waals surface area contributed by atoms with E-state index in [1.165, 1.54) is 25.2 Å². The Balaban J connectivity index is 2.03. The number of sulfonamides is 1. The van der Waals surface area contributed by atoms with Crippen LogP contribution < -0.4 is 15.4 Å². The Morgan fingerprint density at radius 3 is 2.52 bits per heavy atom. The topological polar surface area (TPSA) is 91.9 Å². The number of hydrogen-bond acceptors (Lipinski definition) is 3. The molecule has 2 aromatic carbocycles. The van der Waals surface area contributed by atoms with Crippen LogP contribution in [0.5, 0.6) is 0 Å². The van der Waals surface area contributed by atoms with Crippen LogP contribution in [-0.2, 0) is 14.8 Å². The maximum atomic E-state index is 13.8. The van der Waals surface area contributed by atoms with E-state index in [-0.39, 0.29) is 17.3 Å². The predicted octanol–water partition coefficient (Wildman–Crippen LogP) is 1.44. The van der Waals surface area contributed by atoms with Gasteiger partial charge in [0.2, 0.25) is 10.0 Å². The van der Waals surface area contributed by atoms with Gasteiger partial charge >= 0.3 is 0 Å². The van der Waals surface area contributed by atoms with E-state index in [2.05, 4.69) is 10.0 Å². The molecule has 0 fully saturated rings. The summed E-state index contributed by atoms with van der Waals surface area (Å²) in [7, 11) is -2.33. The van der Waals surface area contributed by atoms with Gasteiger partial charge in [-0.05, 0) is 50.7 Å². The molecule has 0 unspecified atom stereocenters. The third kappa shape index (κ3) is 5.31. The van der Waals surface area contributed by atoms with Crippen LogP contribution in [0.15, 0.2) is 41.3 Å². The van der Waals surface area contributed by atoms with E-state index in [4.69, 9.17) is 0 Å². The highest BCUT2D eigenvalue weighted by Crippen LogP contribution is 2.20. The summed E-state index contributed by atoms with van der Waals surface area (Å²) >= 11 is 0. The van der Waals surface area contributed by atoms with Gasteiger partial charge in [-0.3, -0.25) is 4.79 Å². The average Bonchev–Trinajstić information content (AvgIpc) is 2.61. The summed E-state index contributed by atoms with van der Waals surface area (Å²) in [5, 5.41) is 4.22. The molecule has 9 heteroatoms. The van der Waals surface area contributed by atoms with Crippen molar-refractivity contribution in [2.24, 2.45) is 0 Å². The van der Waals surface area contributed by atoms with Gasteiger partial charge in [-0.15, -0.1) is 0 Å². The second-order valence-corrected chi connectivity index (χ2v) is 7.99. The number of amides is 1. The number of carbonyl (C=O) groups is 1. The molecule has 0 radical (unpaired) electrons. The van der Waals surface area contributed by atoms with E-state index in [1.54, 1.807) is 31.3 Å². The molecular formula is C18H22F2N3O3S+. The molecule has 146 valence electrons. The summed E-state index contributed by atoms with van der Waals surface area (Å²) < 4.78 is 53.0. The first-order chi connectivity index (χ1) is 12.6. The second kappa shape index (κ2) is 8.55.